The number of fused-ring (bicyclic) bond motifs is 1. The van der Waals surface area contributed by atoms with Crippen molar-refractivity contribution in [1.82, 2.24) is 5.32 Å². The third-order valence-electron chi connectivity index (χ3n) is 4.92. The first kappa shape index (κ1) is 18.4. The number of halogens is 2. The minimum absolute atomic E-state index is 0.0594. The number of hydrogen-bond donors (Lipinski definition) is 1. The van der Waals surface area contributed by atoms with Crippen LogP contribution in [0.15, 0.2) is 48.5 Å². The van der Waals surface area contributed by atoms with E-state index in [1.54, 1.807) is 18.2 Å². The normalized spacial score (nSPS) is 17.5. The molecule has 0 spiro atoms. The Balaban J connectivity index is 1.80. The highest BCUT2D eigenvalue weighted by molar-refractivity contribution is 5.84. The Morgan fingerprint density at radius 3 is 2.69 bits per heavy atom. The number of ether oxygens (including phenoxy) is 1. The van der Waals surface area contributed by atoms with Gasteiger partial charge in [-0.25, -0.2) is 0 Å². The Morgan fingerprint density at radius 2 is 1.92 bits per heavy atom. The first-order chi connectivity index (χ1) is 12.6. The van der Waals surface area contributed by atoms with Gasteiger partial charge in [0.2, 0.25) is 5.91 Å². The summed E-state index contributed by atoms with van der Waals surface area (Å²) in [5.41, 5.74) is 2.87. The maximum absolute atomic E-state index is 12.9. The lowest BCUT2D eigenvalue weighted by atomic mass is 9.82. The van der Waals surface area contributed by atoms with Gasteiger partial charge in [-0.2, -0.15) is 8.78 Å². The van der Waals surface area contributed by atoms with E-state index in [1.165, 1.54) is 11.6 Å². The van der Waals surface area contributed by atoms with Crippen molar-refractivity contribution in [1.29, 1.82) is 0 Å². The standard InChI is InChI=1S/C21H23F2NO2/c1-2-18(17-11-5-6-13-19(17)26-21(22)23)24-20(25)16-12-7-9-14-8-3-4-10-15(14)16/h3-6,8,10-11,13,16,18,21H,2,7,9,12H2,1H3,(H,24,25). The lowest BCUT2D eigenvalue weighted by Crippen LogP contribution is -2.34. The molecule has 0 radical (unpaired) electrons. The van der Waals surface area contributed by atoms with Crippen LogP contribution < -0.4 is 10.1 Å². The minimum atomic E-state index is -2.89. The number of rotatable bonds is 6. The third-order valence-corrected chi connectivity index (χ3v) is 4.92. The molecule has 1 N–H and O–H groups in total. The van der Waals surface area contributed by atoms with Crippen molar-refractivity contribution in [3.8, 4) is 5.75 Å². The fraction of sp³-hybridized carbons (Fsp3) is 0.381. The highest BCUT2D eigenvalue weighted by Gasteiger charge is 2.28. The molecule has 3 rings (SSSR count). The number of para-hydroxylation sites is 1. The van der Waals surface area contributed by atoms with Crippen LogP contribution in [-0.2, 0) is 11.2 Å². The molecule has 1 aliphatic rings. The van der Waals surface area contributed by atoms with Crippen LogP contribution in [0.1, 0.15) is 54.8 Å². The molecular formula is C21H23F2NO2. The van der Waals surface area contributed by atoms with E-state index in [0.29, 0.717) is 12.0 Å². The molecule has 5 heteroatoms. The summed E-state index contributed by atoms with van der Waals surface area (Å²) >= 11 is 0. The molecular weight excluding hydrogens is 336 g/mol. The topological polar surface area (TPSA) is 38.3 Å². The molecule has 138 valence electrons. The summed E-state index contributed by atoms with van der Waals surface area (Å²) in [7, 11) is 0. The number of hydrogen-bond acceptors (Lipinski definition) is 2. The number of amides is 1. The third kappa shape index (κ3) is 4.03. The number of carbonyl (C=O) groups excluding carboxylic acids is 1. The highest BCUT2D eigenvalue weighted by atomic mass is 19.3. The Morgan fingerprint density at radius 1 is 1.19 bits per heavy atom. The van der Waals surface area contributed by atoms with Crippen LogP contribution in [0.25, 0.3) is 0 Å². The summed E-state index contributed by atoms with van der Waals surface area (Å²) in [4.78, 5) is 12.9. The van der Waals surface area contributed by atoms with Gasteiger partial charge in [-0.05, 0) is 42.9 Å². The maximum Gasteiger partial charge on any atom is 0.387 e. The molecule has 26 heavy (non-hydrogen) atoms. The summed E-state index contributed by atoms with van der Waals surface area (Å²) in [6.07, 6.45) is 3.34. The quantitative estimate of drug-likeness (QED) is 0.790. The maximum atomic E-state index is 12.9. The van der Waals surface area contributed by atoms with Gasteiger partial charge >= 0.3 is 6.61 Å². The first-order valence-corrected chi connectivity index (χ1v) is 9.02. The van der Waals surface area contributed by atoms with E-state index in [0.717, 1.165) is 24.8 Å². The van der Waals surface area contributed by atoms with Gasteiger partial charge in [-0.3, -0.25) is 4.79 Å². The lowest BCUT2D eigenvalue weighted by Gasteiger charge is -2.27. The molecule has 0 bridgehead atoms. The molecule has 1 aliphatic carbocycles. The largest absolute Gasteiger partial charge is 0.434 e. The molecule has 0 aromatic heterocycles. The number of aryl methyl sites for hydroxylation is 1. The fourth-order valence-corrected chi connectivity index (χ4v) is 3.67. The second-order valence-electron chi connectivity index (χ2n) is 6.53. The van der Waals surface area contributed by atoms with E-state index in [2.05, 4.69) is 16.1 Å². The van der Waals surface area contributed by atoms with Gasteiger partial charge in [0, 0.05) is 5.56 Å². The molecule has 0 heterocycles. The molecule has 2 unspecified atom stereocenters. The summed E-state index contributed by atoms with van der Waals surface area (Å²) in [5, 5.41) is 3.04. The monoisotopic (exact) mass is 359 g/mol. The van der Waals surface area contributed by atoms with Crippen molar-refractivity contribution in [2.24, 2.45) is 0 Å². The van der Waals surface area contributed by atoms with E-state index in [9.17, 15) is 13.6 Å². The van der Waals surface area contributed by atoms with Crippen LogP contribution in [0, 0.1) is 0 Å². The van der Waals surface area contributed by atoms with E-state index in [1.807, 2.05) is 25.1 Å². The predicted molar refractivity (Wildman–Crippen MR) is 96.4 cm³/mol. The van der Waals surface area contributed by atoms with Crippen LogP contribution in [0.3, 0.4) is 0 Å². The molecule has 2 atom stereocenters. The van der Waals surface area contributed by atoms with Gasteiger partial charge in [0.05, 0.1) is 12.0 Å². The fourth-order valence-electron chi connectivity index (χ4n) is 3.67. The first-order valence-electron chi connectivity index (χ1n) is 9.02. The van der Waals surface area contributed by atoms with Gasteiger partial charge < -0.3 is 10.1 Å². The molecule has 2 aromatic carbocycles. The second-order valence-corrected chi connectivity index (χ2v) is 6.53. The van der Waals surface area contributed by atoms with Gasteiger partial charge in [0.15, 0.2) is 0 Å². The molecule has 0 saturated carbocycles. The number of nitrogens with one attached hydrogen (secondary N) is 1. The Labute approximate surface area is 152 Å². The molecule has 2 aromatic rings. The summed E-state index contributed by atoms with van der Waals surface area (Å²) in [6, 6.07) is 14.3. The Hall–Kier alpha value is -2.43. The minimum Gasteiger partial charge on any atom is -0.434 e. The van der Waals surface area contributed by atoms with Crippen molar-refractivity contribution in [2.45, 2.75) is 51.2 Å². The van der Waals surface area contributed by atoms with Crippen LogP contribution in [0.4, 0.5) is 8.78 Å². The van der Waals surface area contributed by atoms with Crippen LogP contribution >= 0.6 is 0 Å². The van der Waals surface area contributed by atoms with E-state index in [-0.39, 0.29) is 23.6 Å². The molecule has 0 saturated heterocycles. The van der Waals surface area contributed by atoms with Crippen molar-refractivity contribution < 1.29 is 18.3 Å². The second kappa shape index (κ2) is 8.30. The van der Waals surface area contributed by atoms with E-state index < -0.39 is 6.61 Å². The van der Waals surface area contributed by atoms with Crippen molar-refractivity contribution >= 4 is 5.91 Å². The molecule has 1 amide bonds. The van der Waals surface area contributed by atoms with Crippen molar-refractivity contribution in [2.75, 3.05) is 0 Å². The average molecular weight is 359 g/mol. The van der Waals surface area contributed by atoms with Crippen LogP contribution in [0.2, 0.25) is 0 Å². The van der Waals surface area contributed by atoms with Crippen molar-refractivity contribution in [3.05, 3.63) is 65.2 Å². The zero-order chi connectivity index (χ0) is 18.5. The predicted octanol–water partition coefficient (Wildman–Crippen LogP) is 4.98. The summed E-state index contributed by atoms with van der Waals surface area (Å²) in [5.74, 6) is -0.147. The molecule has 0 fully saturated rings. The van der Waals surface area contributed by atoms with Gasteiger partial charge in [-0.15, -0.1) is 0 Å². The SMILES string of the molecule is CCC(NC(=O)C1CCCc2ccccc21)c1ccccc1OC(F)F. The Kier molecular flexibility index (Phi) is 5.86. The molecule has 0 aliphatic heterocycles. The van der Waals surface area contributed by atoms with Crippen molar-refractivity contribution in [3.63, 3.8) is 0 Å². The highest BCUT2D eigenvalue weighted by Crippen LogP contribution is 2.34. The van der Waals surface area contributed by atoms with Crippen LogP contribution in [-0.4, -0.2) is 12.5 Å². The van der Waals surface area contributed by atoms with Gasteiger partial charge in [-0.1, -0.05) is 49.4 Å². The van der Waals surface area contributed by atoms with Crippen LogP contribution in [0.5, 0.6) is 5.75 Å². The Bertz CT molecular complexity index is 763. The lowest BCUT2D eigenvalue weighted by molar-refractivity contribution is -0.123. The van der Waals surface area contributed by atoms with E-state index >= 15 is 0 Å². The zero-order valence-corrected chi connectivity index (χ0v) is 14.8. The zero-order valence-electron chi connectivity index (χ0n) is 14.8. The summed E-state index contributed by atoms with van der Waals surface area (Å²) in [6.45, 7) is -0.978. The number of benzene rings is 2. The van der Waals surface area contributed by atoms with E-state index in [4.69, 9.17) is 0 Å². The molecule has 3 nitrogen and oxygen atoms in total. The van der Waals surface area contributed by atoms with Gasteiger partial charge in [0.1, 0.15) is 5.75 Å². The summed E-state index contributed by atoms with van der Waals surface area (Å²) < 4.78 is 30.0. The van der Waals surface area contributed by atoms with Gasteiger partial charge in [0.25, 0.3) is 0 Å². The number of carbonyl (C=O) groups is 1. The average Bonchev–Trinajstić information content (AvgIpc) is 2.65. The smallest absolute Gasteiger partial charge is 0.387 e. The number of alkyl halides is 2.